The number of piperidine rings is 1. The Balaban J connectivity index is 1.66. The molecule has 186 valence electrons. The Morgan fingerprint density at radius 2 is 2.11 bits per heavy atom. The number of aryl methyl sites for hydroxylation is 1. The summed E-state index contributed by atoms with van der Waals surface area (Å²) in [7, 11) is 0. The first-order valence-electron chi connectivity index (χ1n) is 12.3. The predicted molar refractivity (Wildman–Crippen MR) is 140 cm³/mol. The number of halogens is 1. The minimum atomic E-state index is -0.233. The van der Waals surface area contributed by atoms with E-state index in [0.29, 0.717) is 35.7 Å². The highest BCUT2D eigenvalue weighted by molar-refractivity contribution is 6.32. The quantitative estimate of drug-likeness (QED) is 0.435. The minimum Gasteiger partial charge on any atom is -0.480 e. The molecule has 9 heteroatoms. The third-order valence-corrected chi connectivity index (χ3v) is 6.50. The average molecular weight is 498 g/mol. The summed E-state index contributed by atoms with van der Waals surface area (Å²) in [6, 6.07) is 7.42. The van der Waals surface area contributed by atoms with Gasteiger partial charge in [0.25, 0.3) is 5.56 Å². The second-order valence-electron chi connectivity index (χ2n) is 9.10. The number of Topliss-reactive ketones (excluding diaryl/α,β-unsaturated/α-hetero) is 1. The van der Waals surface area contributed by atoms with Gasteiger partial charge < -0.3 is 19.5 Å². The summed E-state index contributed by atoms with van der Waals surface area (Å²) in [5.74, 6) is 1.91. The van der Waals surface area contributed by atoms with Crippen molar-refractivity contribution in [2.24, 2.45) is 5.92 Å². The maximum Gasteiger partial charge on any atom is 0.293 e. The third-order valence-electron chi connectivity index (χ3n) is 6.23. The highest BCUT2D eigenvalue weighted by Gasteiger charge is 2.20. The van der Waals surface area contributed by atoms with Gasteiger partial charge in [0.2, 0.25) is 5.95 Å². The Morgan fingerprint density at radius 3 is 2.86 bits per heavy atom. The molecule has 35 heavy (non-hydrogen) atoms. The van der Waals surface area contributed by atoms with E-state index in [1.807, 2.05) is 25.1 Å². The number of nitrogens with zero attached hydrogens (tertiary/aromatic N) is 4. The molecule has 3 aromatic rings. The molecule has 1 fully saturated rings. The molecule has 3 heterocycles. The number of rotatable bonds is 9. The zero-order valence-electron chi connectivity index (χ0n) is 20.5. The number of ether oxygens (including phenoxy) is 1. The van der Waals surface area contributed by atoms with Crippen LogP contribution in [0.5, 0.6) is 5.75 Å². The molecular formula is C26H32ClN5O3. The van der Waals surface area contributed by atoms with Gasteiger partial charge >= 0.3 is 0 Å². The number of benzene rings is 1. The summed E-state index contributed by atoms with van der Waals surface area (Å²) in [5, 5.41) is 4.55. The smallest absolute Gasteiger partial charge is 0.293 e. The van der Waals surface area contributed by atoms with Gasteiger partial charge in [-0.3, -0.25) is 9.59 Å². The van der Waals surface area contributed by atoms with Crippen LogP contribution in [-0.4, -0.2) is 40.0 Å². The highest BCUT2D eigenvalue weighted by Crippen LogP contribution is 2.29. The molecule has 1 unspecified atom stereocenters. The molecule has 0 bridgehead atoms. The Hall–Kier alpha value is -3.13. The number of ketones is 1. The highest BCUT2D eigenvalue weighted by atomic mass is 35.5. The van der Waals surface area contributed by atoms with E-state index in [0.717, 1.165) is 42.5 Å². The number of nitrogens with one attached hydrogen (secondary N) is 1. The maximum absolute atomic E-state index is 13.0. The summed E-state index contributed by atoms with van der Waals surface area (Å²) in [4.78, 5) is 36.1. The number of carbonyl (C=O) groups excluding carboxylic acids is 1. The molecule has 0 saturated carbocycles. The lowest BCUT2D eigenvalue weighted by Gasteiger charge is -2.31. The van der Waals surface area contributed by atoms with Crippen molar-refractivity contribution in [2.45, 2.75) is 53.0 Å². The molecule has 0 amide bonds. The molecular weight excluding hydrogens is 466 g/mol. The van der Waals surface area contributed by atoms with Crippen LogP contribution >= 0.6 is 11.6 Å². The molecule has 0 aliphatic carbocycles. The molecule has 1 aliphatic heterocycles. The van der Waals surface area contributed by atoms with E-state index in [4.69, 9.17) is 21.3 Å². The third kappa shape index (κ3) is 5.75. The monoisotopic (exact) mass is 497 g/mol. The fraction of sp³-hybridized carbons (Fsp3) is 0.462. The zero-order chi connectivity index (χ0) is 24.9. The molecule has 0 radical (unpaired) electrons. The van der Waals surface area contributed by atoms with Crippen LogP contribution < -0.4 is 20.5 Å². The maximum atomic E-state index is 13.0. The SMILES string of the molecule is CCCn1c(=O)c(OCC(=O)CC)cc2cc(Nc3nc(N4CCCC(C)C4)ncc3Cl)ccc21. The van der Waals surface area contributed by atoms with Gasteiger partial charge in [-0.2, -0.15) is 4.98 Å². The zero-order valence-corrected chi connectivity index (χ0v) is 21.3. The normalized spacial score (nSPS) is 15.9. The van der Waals surface area contributed by atoms with Crippen LogP contribution in [0.2, 0.25) is 5.02 Å². The number of fused-ring (bicyclic) bond motifs is 1. The van der Waals surface area contributed by atoms with E-state index >= 15 is 0 Å². The molecule has 1 saturated heterocycles. The Kier molecular flexibility index (Phi) is 7.90. The van der Waals surface area contributed by atoms with Crippen LogP contribution in [0.25, 0.3) is 10.9 Å². The Morgan fingerprint density at radius 1 is 1.29 bits per heavy atom. The van der Waals surface area contributed by atoms with E-state index in [2.05, 4.69) is 22.1 Å². The first-order valence-corrected chi connectivity index (χ1v) is 12.6. The van der Waals surface area contributed by atoms with Crippen molar-refractivity contribution in [3.63, 3.8) is 0 Å². The molecule has 2 aromatic heterocycles. The van der Waals surface area contributed by atoms with E-state index in [-0.39, 0.29) is 23.7 Å². The fourth-order valence-corrected chi connectivity index (χ4v) is 4.49. The van der Waals surface area contributed by atoms with E-state index in [9.17, 15) is 9.59 Å². The van der Waals surface area contributed by atoms with Gasteiger partial charge in [0.05, 0.1) is 11.7 Å². The summed E-state index contributed by atoms with van der Waals surface area (Å²) in [5.41, 5.74) is 1.34. The van der Waals surface area contributed by atoms with Gasteiger partial charge in [-0.15, -0.1) is 0 Å². The van der Waals surface area contributed by atoms with Crippen LogP contribution in [-0.2, 0) is 11.3 Å². The predicted octanol–water partition coefficient (Wildman–Crippen LogP) is 5.19. The van der Waals surface area contributed by atoms with Gasteiger partial charge in [-0.05, 0) is 49.4 Å². The molecule has 0 spiro atoms. The van der Waals surface area contributed by atoms with Crippen LogP contribution in [0, 0.1) is 5.92 Å². The van der Waals surface area contributed by atoms with Crippen molar-refractivity contribution in [1.29, 1.82) is 0 Å². The number of hydrogen-bond donors (Lipinski definition) is 1. The van der Waals surface area contributed by atoms with Gasteiger partial charge in [0.15, 0.2) is 17.4 Å². The molecule has 1 aromatic carbocycles. The van der Waals surface area contributed by atoms with Crippen molar-refractivity contribution in [1.82, 2.24) is 14.5 Å². The van der Waals surface area contributed by atoms with Crippen molar-refractivity contribution in [2.75, 3.05) is 29.9 Å². The summed E-state index contributed by atoms with van der Waals surface area (Å²) >= 11 is 6.43. The topological polar surface area (TPSA) is 89.3 Å². The van der Waals surface area contributed by atoms with Crippen LogP contribution in [0.15, 0.2) is 35.3 Å². The molecule has 1 N–H and O–H groups in total. The lowest BCUT2D eigenvalue weighted by Crippen LogP contribution is -2.35. The van der Waals surface area contributed by atoms with E-state index in [1.54, 1.807) is 23.8 Å². The Labute approximate surface area is 210 Å². The Bertz CT molecular complexity index is 1280. The number of hydrogen-bond acceptors (Lipinski definition) is 7. The number of carbonyl (C=O) groups is 1. The first-order chi connectivity index (χ1) is 16.9. The van der Waals surface area contributed by atoms with Crippen LogP contribution in [0.1, 0.15) is 46.5 Å². The number of pyridine rings is 1. The largest absolute Gasteiger partial charge is 0.480 e. The number of anilines is 3. The standard InChI is InChI=1S/C26H32ClN5O3/c1-4-10-32-22-9-8-19(12-18(22)13-23(25(32)34)35-16-20(33)5-2)29-24-21(27)14-28-26(30-24)31-11-6-7-17(3)15-31/h8-9,12-14,17H,4-7,10-11,15-16H2,1-3H3,(H,28,29,30). The van der Waals surface area contributed by atoms with Gasteiger partial charge in [-0.25, -0.2) is 4.98 Å². The molecule has 4 rings (SSSR count). The second kappa shape index (κ2) is 11.1. The van der Waals surface area contributed by atoms with Crippen molar-refractivity contribution in [3.8, 4) is 5.75 Å². The second-order valence-corrected chi connectivity index (χ2v) is 9.51. The van der Waals surface area contributed by atoms with Crippen molar-refractivity contribution in [3.05, 3.63) is 45.8 Å². The molecule has 1 aliphatic rings. The lowest BCUT2D eigenvalue weighted by atomic mass is 10.0. The summed E-state index contributed by atoms with van der Waals surface area (Å²) in [6.07, 6.45) is 5.12. The summed E-state index contributed by atoms with van der Waals surface area (Å²) in [6.45, 7) is 8.32. The first kappa shape index (κ1) is 25.0. The summed E-state index contributed by atoms with van der Waals surface area (Å²) < 4.78 is 7.30. The van der Waals surface area contributed by atoms with Gasteiger partial charge in [0.1, 0.15) is 11.6 Å². The van der Waals surface area contributed by atoms with Crippen LogP contribution in [0.4, 0.5) is 17.5 Å². The van der Waals surface area contributed by atoms with E-state index < -0.39 is 0 Å². The van der Waals surface area contributed by atoms with Gasteiger partial charge in [-0.1, -0.05) is 32.4 Å². The fourth-order valence-electron chi connectivity index (χ4n) is 4.35. The number of aromatic nitrogens is 3. The molecule has 1 atom stereocenters. The molecule has 8 nitrogen and oxygen atoms in total. The minimum absolute atomic E-state index is 0.0562. The lowest BCUT2D eigenvalue weighted by molar-refractivity contribution is -0.120. The van der Waals surface area contributed by atoms with Gasteiger partial charge in [0, 0.05) is 37.1 Å². The van der Waals surface area contributed by atoms with Crippen LogP contribution in [0.3, 0.4) is 0 Å². The van der Waals surface area contributed by atoms with Crippen molar-refractivity contribution >= 4 is 45.7 Å². The van der Waals surface area contributed by atoms with Crippen molar-refractivity contribution < 1.29 is 9.53 Å². The average Bonchev–Trinajstić information content (AvgIpc) is 2.85. The van der Waals surface area contributed by atoms with E-state index in [1.165, 1.54) is 6.42 Å².